The lowest BCUT2D eigenvalue weighted by Crippen LogP contribution is -2.27. The zero-order valence-electron chi connectivity index (χ0n) is 17.9. The van der Waals surface area contributed by atoms with E-state index in [9.17, 15) is 4.79 Å². The minimum absolute atomic E-state index is 0.130. The van der Waals surface area contributed by atoms with Gasteiger partial charge in [0, 0.05) is 30.6 Å². The summed E-state index contributed by atoms with van der Waals surface area (Å²) in [5.74, 6) is 0.435. The number of anilines is 1. The van der Waals surface area contributed by atoms with Crippen molar-refractivity contribution in [2.75, 3.05) is 11.9 Å². The molecule has 0 bridgehead atoms. The molecule has 31 heavy (non-hydrogen) atoms. The van der Waals surface area contributed by atoms with Crippen molar-refractivity contribution in [2.45, 2.75) is 26.9 Å². The molecule has 0 atom stereocenters. The second kappa shape index (κ2) is 9.86. The van der Waals surface area contributed by atoms with Gasteiger partial charge < -0.3 is 0 Å². The van der Waals surface area contributed by atoms with E-state index >= 15 is 0 Å². The average Bonchev–Trinajstić information content (AvgIpc) is 3.20. The molecule has 1 N–H and O–H groups in total. The second-order valence-corrected chi connectivity index (χ2v) is 9.07. The molecule has 0 saturated carbocycles. The lowest BCUT2D eigenvalue weighted by atomic mass is 10.1. The van der Waals surface area contributed by atoms with E-state index in [0.29, 0.717) is 16.6 Å². The first kappa shape index (κ1) is 21.2. The lowest BCUT2D eigenvalue weighted by Gasteiger charge is -2.23. The number of hydrogen-bond acceptors (Lipinski definition) is 4. The van der Waals surface area contributed by atoms with Crippen molar-refractivity contribution >= 4 is 33.1 Å². The number of hydrogen-bond donors (Lipinski definition) is 1. The Morgan fingerprint density at radius 3 is 2.48 bits per heavy atom. The predicted octanol–water partition coefficient (Wildman–Crippen LogP) is 6.21. The molecule has 1 heterocycles. The summed E-state index contributed by atoms with van der Waals surface area (Å²) in [5, 5.41) is 7.81. The molecule has 1 aromatic heterocycles. The summed E-state index contributed by atoms with van der Waals surface area (Å²) in [6, 6.07) is 24.3. The van der Waals surface area contributed by atoms with Crippen LogP contribution in [0.2, 0.25) is 0 Å². The molecule has 0 radical (unpaired) electrons. The summed E-state index contributed by atoms with van der Waals surface area (Å²) in [7, 11) is 0. The predicted molar refractivity (Wildman–Crippen MR) is 129 cm³/mol. The molecule has 0 spiro atoms. The van der Waals surface area contributed by atoms with Crippen molar-refractivity contribution in [3.05, 3.63) is 95.0 Å². The van der Waals surface area contributed by atoms with Gasteiger partial charge in [0.1, 0.15) is 0 Å². The Hall–Kier alpha value is -3.02. The van der Waals surface area contributed by atoms with E-state index in [4.69, 9.17) is 0 Å². The minimum Gasteiger partial charge on any atom is -0.298 e. The molecule has 0 aliphatic carbocycles. The van der Waals surface area contributed by atoms with Gasteiger partial charge in [-0.15, -0.1) is 11.3 Å². The lowest BCUT2D eigenvalue weighted by molar-refractivity contribution is 0.102. The number of rotatable bonds is 8. The minimum atomic E-state index is -0.130. The highest BCUT2D eigenvalue weighted by Crippen LogP contribution is 2.21. The molecular formula is C26H27N3OS. The van der Waals surface area contributed by atoms with Crippen molar-refractivity contribution in [1.29, 1.82) is 0 Å². The molecule has 3 aromatic carbocycles. The van der Waals surface area contributed by atoms with Gasteiger partial charge in [0.15, 0.2) is 5.13 Å². The van der Waals surface area contributed by atoms with E-state index in [1.165, 1.54) is 16.9 Å². The van der Waals surface area contributed by atoms with Crippen LogP contribution in [0.4, 0.5) is 5.13 Å². The Morgan fingerprint density at radius 1 is 0.968 bits per heavy atom. The molecule has 4 nitrogen and oxygen atoms in total. The third kappa shape index (κ3) is 5.78. The summed E-state index contributed by atoms with van der Waals surface area (Å²) < 4.78 is 0. The number of nitrogens with one attached hydrogen (secondary N) is 1. The van der Waals surface area contributed by atoms with Gasteiger partial charge in [-0.3, -0.25) is 15.0 Å². The van der Waals surface area contributed by atoms with Gasteiger partial charge in [-0.05, 0) is 34.4 Å². The van der Waals surface area contributed by atoms with E-state index in [2.05, 4.69) is 53.3 Å². The van der Waals surface area contributed by atoms with Crippen molar-refractivity contribution in [2.24, 2.45) is 5.92 Å². The first-order valence-electron chi connectivity index (χ1n) is 10.6. The zero-order valence-corrected chi connectivity index (χ0v) is 18.7. The summed E-state index contributed by atoms with van der Waals surface area (Å²) in [6.45, 7) is 7.10. The maximum absolute atomic E-state index is 12.7. The third-order valence-corrected chi connectivity index (χ3v) is 5.85. The molecular weight excluding hydrogens is 402 g/mol. The molecule has 0 fully saturated rings. The van der Waals surface area contributed by atoms with Gasteiger partial charge >= 0.3 is 0 Å². The van der Waals surface area contributed by atoms with Gasteiger partial charge in [0.05, 0.1) is 5.69 Å². The van der Waals surface area contributed by atoms with E-state index in [0.717, 1.165) is 36.1 Å². The Labute approximate surface area is 187 Å². The van der Waals surface area contributed by atoms with Crippen LogP contribution in [0.1, 0.15) is 35.5 Å². The number of carbonyl (C=O) groups is 1. The van der Waals surface area contributed by atoms with Crippen LogP contribution in [0, 0.1) is 5.92 Å². The van der Waals surface area contributed by atoms with Crippen LogP contribution in [0.3, 0.4) is 0 Å². The summed E-state index contributed by atoms with van der Waals surface area (Å²) in [6.07, 6.45) is 0. The Balaban J connectivity index is 1.42. The van der Waals surface area contributed by atoms with Crippen LogP contribution >= 0.6 is 11.3 Å². The normalized spacial score (nSPS) is 11.4. The SMILES string of the molecule is CC(C)CN(Cc1ccccc1)Cc1csc(NC(=O)c2ccc3ccccc3c2)n1. The quantitative estimate of drug-likeness (QED) is 0.362. The molecule has 0 unspecified atom stereocenters. The molecule has 4 aromatic rings. The standard InChI is InChI=1S/C26H27N3OS/c1-19(2)15-29(16-20-8-4-3-5-9-20)17-24-18-31-26(27-24)28-25(30)23-13-12-21-10-6-7-11-22(21)14-23/h3-14,18-19H,15-17H2,1-2H3,(H,27,28,30). The maximum atomic E-state index is 12.7. The number of aromatic nitrogens is 1. The first-order chi connectivity index (χ1) is 15.1. The molecule has 0 aliphatic heterocycles. The smallest absolute Gasteiger partial charge is 0.257 e. The van der Waals surface area contributed by atoms with Crippen molar-refractivity contribution in [3.8, 4) is 0 Å². The van der Waals surface area contributed by atoms with Crippen molar-refractivity contribution in [3.63, 3.8) is 0 Å². The largest absolute Gasteiger partial charge is 0.298 e. The Bertz CT molecular complexity index is 1150. The van der Waals surface area contributed by atoms with Crippen LogP contribution in [0.25, 0.3) is 10.8 Å². The van der Waals surface area contributed by atoms with Gasteiger partial charge in [-0.2, -0.15) is 0 Å². The highest BCUT2D eigenvalue weighted by molar-refractivity contribution is 7.14. The molecule has 5 heteroatoms. The second-order valence-electron chi connectivity index (χ2n) is 8.21. The molecule has 0 aliphatic rings. The summed E-state index contributed by atoms with van der Waals surface area (Å²) >= 11 is 1.47. The van der Waals surface area contributed by atoms with E-state index in [1.807, 2.05) is 53.9 Å². The Kier molecular flexibility index (Phi) is 6.75. The molecule has 4 rings (SSSR count). The number of thiazole rings is 1. The highest BCUT2D eigenvalue weighted by atomic mass is 32.1. The highest BCUT2D eigenvalue weighted by Gasteiger charge is 2.14. The van der Waals surface area contributed by atoms with Crippen molar-refractivity contribution < 1.29 is 4.79 Å². The van der Waals surface area contributed by atoms with Gasteiger partial charge in [-0.1, -0.05) is 74.5 Å². The van der Waals surface area contributed by atoms with E-state index in [1.54, 1.807) is 0 Å². The van der Waals surface area contributed by atoms with Crippen LogP contribution in [0.15, 0.2) is 78.2 Å². The molecule has 0 saturated heterocycles. The average molecular weight is 430 g/mol. The summed E-state index contributed by atoms with van der Waals surface area (Å²) in [5.41, 5.74) is 2.92. The fourth-order valence-corrected chi connectivity index (χ4v) is 4.41. The molecule has 158 valence electrons. The van der Waals surface area contributed by atoms with E-state index in [-0.39, 0.29) is 5.91 Å². The van der Waals surface area contributed by atoms with Gasteiger partial charge in [-0.25, -0.2) is 4.98 Å². The van der Waals surface area contributed by atoms with Gasteiger partial charge in [0.2, 0.25) is 0 Å². The van der Waals surface area contributed by atoms with Crippen LogP contribution < -0.4 is 5.32 Å². The first-order valence-corrected chi connectivity index (χ1v) is 11.5. The maximum Gasteiger partial charge on any atom is 0.257 e. The van der Waals surface area contributed by atoms with Crippen LogP contribution in [0.5, 0.6) is 0 Å². The number of carbonyl (C=O) groups excluding carboxylic acids is 1. The fraction of sp³-hybridized carbons (Fsp3) is 0.231. The fourth-order valence-electron chi connectivity index (χ4n) is 3.71. The number of benzene rings is 3. The number of nitrogens with zero attached hydrogens (tertiary/aromatic N) is 2. The summed E-state index contributed by atoms with van der Waals surface area (Å²) in [4.78, 5) is 19.8. The van der Waals surface area contributed by atoms with Gasteiger partial charge in [0.25, 0.3) is 5.91 Å². The Morgan fingerprint density at radius 2 is 1.71 bits per heavy atom. The molecule has 1 amide bonds. The third-order valence-electron chi connectivity index (χ3n) is 5.04. The van der Waals surface area contributed by atoms with Crippen molar-refractivity contribution in [1.82, 2.24) is 9.88 Å². The topological polar surface area (TPSA) is 45.2 Å². The van der Waals surface area contributed by atoms with E-state index < -0.39 is 0 Å². The zero-order chi connectivity index (χ0) is 21.6. The van der Waals surface area contributed by atoms with Crippen LogP contribution in [-0.4, -0.2) is 22.3 Å². The number of fused-ring (bicyclic) bond motifs is 1. The monoisotopic (exact) mass is 429 g/mol. The van der Waals surface area contributed by atoms with Crippen LogP contribution in [-0.2, 0) is 13.1 Å². The number of amides is 1.